The highest BCUT2D eigenvalue weighted by Crippen LogP contribution is 2.21. The van der Waals surface area contributed by atoms with Crippen LogP contribution in [0.15, 0.2) is 0 Å². The molecule has 0 saturated carbocycles. The molecule has 0 radical (unpaired) electrons. The van der Waals surface area contributed by atoms with Gasteiger partial charge in [-0.2, -0.15) is 0 Å². The zero-order chi connectivity index (χ0) is 19.7. The van der Waals surface area contributed by atoms with E-state index in [0.717, 1.165) is 6.42 Å². The molecule has 1 amide bonds. The van der Waals surface area contributed by atoms with Gasteiger partial charge in [0.05, 0.1) is 24.4 Å². The number of carbonyl (C=O) groups excluding carboxylic acids is 2. The molecule has 0 aromatic carbocycles. The molecule has 5 nitrogen and oxygen atoms in total. The van der Waals surface area contributed by atoms with Crippen molar-refractivity contribution >= 4 is 11.7 Å². The van der Waals surface area contributed by atoms with Crippen LogP contribution in [0.25, 0.3) is 0 Å². The average Bonchev–Trinajstić information content (AvgIpc) is 2.43. The maximum atomic E-state index is 11.7. The summed E-state index contributed by atoms with van der Waals surface area (Å²) in [6, 6.07) is 0.164. The van der Waals surface area contributed by atoms with Gasteiger partial charge >= 0.3 is 0 Å². The summed E-state index contributed by atoms with van der Waals surface area (Å²) < 4.78 is 11.8. The first kappa shape index (κ1) is 24.1. The molecule has 5 heteroatoms. The quantitative estimate of drug-likeness (QED) is 0.543. The standard InChI is InChI=1S/C20H39NO4/c1-15(2)17(22)10-13-24-20(7,8)12-14-25-19(5,6)11-9-18(23)21-16(3)4/h15-16H,9-14H2,1-8H3,(H,21,23). The molecule has 0 atom stereocenters. The van der Waals surface area contributed by atoms with Gasteiger partial charge in [0.15, 0.2) is 0 Å². The number of nitrogens with one attached hydrogen (secondary N) is 1. The van der Waals surface area contributed by atoms with Crippen molar-refractivity contribution in [2.24, 2.45) is 5.92 Å². The van der Waals surface area contributed by atoms with Gasteiger partial charge in [-0.15, -0.1) is 0 Å². The lowest BCUT2D eigenvalue weighted by atomic mass is 10.0. The first-order valence-corrected chi connectivity index (χ1v) is 9.44. The van der Waals surface area contributed by atoms with Crippen LogP contribution < -0.4 is 5.32 Å². The fourth-order valence-electron chi connectivity index (χ4n) is 2.24. The van der Waals surface area contributed by atoms with Gasteiger partial charge in [0.25, 0.3) is 0 Å². The predicted molar refractivity (Wildman–Crippen MR) is 102 cm³/mol. The third kappa shape index (κ3) is 13.0. The lowest BCUT2D eigenvalue weighted by Gasteiger charge is -2.30. The first-order chi connectivity index (χ1) is 11.3. The second-order valence-electron chi connectivity index (χ2n) is 8.56. The van der Waals surface area contributed by atoms with E-state index >= 15 is 0 Å². The van der Waals surface area contributed by atoms with Gasteiger partial charge in [-0.25, -0.2) is 0 Å². The molecule has 0 spiro atoms. The SMILES string of the molecule is CC(C)NC(=O)CCC(C)(C)OCCC(C)(C)OCCC(=O)C(C)C. The largest absolute Gasteiger partial charge is 0.375 e. The van der Waals surface area contributed by atoms with E-state index in [1.807, 2.05) is 55.4 Å². The van der Waals surface area contributed by atoms with Crippen molar-refractivity contribution in [2.75, 3.05) is 13.2 Å². The van der Waals surface area contributed by atoms with Crippen molar-refractivity contribution in [3.05, 3.63) is 0 Å². The van der Waals surface area contributed by atoms with E-state index in [1.54, 1.807) is 0 Å². The lowest BCUT2D eigenvalue weighted by molar-refractivity contribution is -0.126. The first-order valence-electron chi connectivity index (χ1n) is 9.44. The second kappa shape index (κ2) is 10.9. The maximum absolute atomic E-state index is 11.7. The van der Waals surface area contributed by atoms with Crippen LogP contribution in [-0.4, -0.2) is 42.1 Å². The molecule has 0 unspecified atom stereocenters. The lowest BCUT2D eigenvalue weighted by Crippen LogP contribution is -2.34. The van der Waals surface area contributed by atoms with Crippen LogP contribution in [0.2, 0.25) is 0 Å². The minimum absolute atomic E-state index is 0.0590. The number of Topliss-reactive ketones (excluding diaryl/α,β-unsaturated/α-hetero) is 1. The van der Waals surface area contributed by atoms with Crippen molar-refractivity contribution in [3.63, 3.8) is 0 Å². The molecule has 0 aromatic rings. The third-order valence-electron chi connectivity index (χ3n) is 4.09. The van der Waals surface area contributed by atoms with Gasteiger partial charge in [0, 0.05) is 24.8 Å². The molecule has 148 valence electrons. The van der Waals surface area contributed by atoms with Crippen LogP contribution >= 0.6 is 0 Å². The zero-order valence-electron chi connectivity index (χ0n) is 17.5. The third-order valence-corrected chi connectivity index (χ3v) is 4.09. The predicted octanol–water partition coefficient (Wildman–Crippen LogP) is 3.89. The molecule has 1 N–H and O–H groups in total. The minimum Gasteiger partial charge on any atom is -0.375 e. The van der Waals surface area contributed by atoms with E-state index in [0.29, 0.717) is 32.5 Å². The monoisotopic (exact) mass is 357 g/mol. The number of ether oxygens (including phenoxy) is 2. The van der Waals surface area contributed by atoms with Crippen molar-refractivity contribution in [2.45, 2.75) is 98.3 Å². The molecular formula is C20H39NO4. The second-order valence-corrected chi connectivity index (χ2v) is 8.56. The van der Waals surface area contributed by atoms with Gasteiger partial charge in [-0.1, -0.05) is 13.8 Å². The molecule has 0 aliphatic heterocycles. The summed E-state index contributed by atoms with van der Waals surface area (Å²) >= 11 is 0. The van der Waals surface area contributed by atoms with Crippen LogP contribution in [0.3, 0.4) is 0 Å². The van der Waals surface area contributed by atoms with E-state index in [9.17, 15) is 9.59 Å². The molecule has 0 aromatic heterocycles. The highest BCUT2D eigenvalue weighted by atomic mass is 16.5. The van der Waals surface area contributed by atoms with Crippen LogP contribution in [0.1, 0.15) is 81.1 Å². The van der Waals surface area contributed by atoms with E-state index in [4.69, 9.17) is 9.47 Å². The number of rotatable bonds is 13. The molecule has 0 fully saturated rings. The summed E-state index contributed by atoms with van der Waals surface area (Å²) in [4.78, 5) is 23.4. The Labute approximate surface area is 154 Å². The number of hydrogen-bond acceptors (Lipinski definition) is 4. The van der Waals surface area contributed by atoms with Gasteiger partial charge in [-0.05, 0) is 54.4 Å². The Bertz CT molecular complexity index is 414. The smallest absolute Gasteiger partial charge is 0.220 e. The fourth-order valence-corrected chi connectivity index (χ4v) is 2.24. The van der Waals surface area contributed by atoms with Gasteiger partial charge in [0.1, 0.15) is 5.78 Å². The van der Waals surface area contributed by atoms with Crippen LogP contribution in [0.5, 0.6) is 0 Å². The fraction of sp³-hybridized carbons (Fsp3) is 0.900. The highest BCUT2D eigenvalue weighted by molar-refractivity contribution is 5.80. The van der Waals surface area contributed by atoms with Crippen LogP contribution in [0.4, 0.5) is 0 Å². The van der Waals surface area contributed by atoms with E-state index in [2.05, 4.69) is 5.32 Å². The average molecular weight is 358 g/mol. The molecule has 0 aliphatic carbocycles. The topological polar surface area (TPSA) is 64.6 Å². The number of amides is 1. The molecule has 25 heavy (non-hydrogen) atoms. The van der Waals surface area contributed by atoms with E-state index in [-0.39, 0.29) is 34.9 Å². The van der Waals surface area contributed by atoms with Gasteiger partial charge < -0.3 is 14.8 Å². The van der Waals surface area contributed by atoms with E-state index < -0.39 is 0 Å². The molecule has 0 heterocycles. The Kier molecular flexibility index (Phi) is 10.5. The Balaban J connectivity index is 4.08. The van der Waals surface area contributed by atoms with Gasteiger partial charge in [0.2, 0.25) is 5.91 Å². The normalized spacial score (nSPS) is 12.7. The van der Waals surface area contributed by atoms with Crippen molar-refractivity contribution in [1.82, 2.24) is 5.32 Å². The summed E-state index contributed by atoms with van der Waals surface area (Å²) in [7, 11) is 0. The molecule has 0 rings (SSSR count). The Morgan fingerprint density at radius 3 is 1.88 bits per heavy atom. The van der Waals surface area contributed by atoms with Crippen molar-refractivity contribution in [1.29, 1.82) is 0 Å². The summed E-state index contributed by atoms with van der Waals surface area (Å²) in [6.07, 6.45) is 2.33. The number of carbonyl (C=O) groups is 2. The van der Waals surface area contributed by atoms with Crippen LogP contribution in [-0.2, 0) is 19.1 Å². The Morgan fingerprint density at radius 2 is 1.36 bits per heavy atom. The molecule has 0 aliphatic rings. The zero-order valence-corrected chi connectivity index (χ0v) is 17.5. The summed E-state index contributed by atoms with van der Waals surface area (Å²) in [5.41, 5.74) is -0.680. The Hall–Kier alpha value is -0.940. The number of ketones is 1. The van der Waals surface area contributed by atoms with Crippen molar-refractivity contribution < 1.29 is 19.1 Å². The summed E-state index contributed by atoms with van der Waals surface area (Å²) in [5.74, 6) is 0.349. The maximum Gasteiger partial charge on any atom is 0.220 e. The highest BCUT2D eigenvalue weighted by Gasteiger charge is 2.24. The van der Waals surface area contributed by atoms with E-state index in [1.165, 1.54) is 0 Å². The Morgan fingerprint density at radius 1 is 0.840 bits per heavy atom. The molecular weight excluding hydrogens is 318 g/mol. The minimum atomic E-state index is -0.349. The molecule has 0 saturated heterocycles. The van der Waals surface area contributed by atoms with Crippen molar-refractivity contribution in [3.8, 4) is 0 Å². The number of hydrogen-bond donors (Lipinski definition) is 1. The summed E-state index contributed by atoms with van der Waals surface area (Å²) in [5, 5.41) is 2.89. The van der Waals surface area contributed by atoms with Gasteiger partial charge in [-0.3, -0.25) is 9.59 Å². The molecule has 0 bridgehead atoms. The van der Waals surface area contributed by atoms with Crippen LogP contribution in [0, 0.1) is 5.92 Å². The summed E-state index contributed by atoms with van der Waals surface area (Å²) in [6.45, 7) is 16.8.